The van der Waals surface area contributed by atoms with Gasteiger partial charge in [0.05, 0.1) is 17.6 Å². The molecule has 1 aliphatic rings. The molecule has 0 N–H and O–H groups in total. The molecular formula is C22H42F3NO5SSi. The molecular weight excluding hydrogens is 475 g/mol. The summed E-state index contributed by atoms with van der Waals surface area (Å²) in [6, 6.07) is -0.236. The molecule has 1 saturated heterocycles. The summed E-state index contributed by atoms with van der Waals surface area (Å²) in [6.07, 6.45) is -5.23. The van der Waals surface area contributed by atoms with Gasteiger partial charge >= 0.3 is 12.3 Å². The number of hydrogen-bond donors (Lipinski definition) is 0. The van der Waals surface area contributed by atoms with Crippen LogP contribution in [0.4, 0.5) is 18.0 Å². The molecule has 1 heterocycles. The van der Waals surface area contributed by atoms with E-state index in [0.717, 1.165) is 0 Å². The first-order valence-corrected chi connectivity index (χ1v) is 16.3. The number of sulfone groups is 1. The molecule has 33 heavy (non-hydrogen) atoms. The number of halogens is 3. The molecule has 196 valence electrons. The molecule has 1 rings (SSSR count). The van der Waals surface area contributed by atoms with E-state index in [0.29, 0.717) is 19.4 Å². The second kappa shape index (κ2) is 10.8. The number of rotatable bonds is 9. The van der Waals surface area contributed by atoms with Crippen LogP contribution in [-0.4, -0.2) is 69.7 Å². The average molecular weight is 518 g/mol. The largest absolute Gasteiger partial charge is 0.444 e. The lowest BCUT2D eigenvalue weighted by molar-refractivity contribution is -0.134. The van der Waals surface area contributed by atoms with Crippen LogP contribution in [0.2, 0.25) is 18.1 Å². The van der Waals surface area contributed by atoms with Crippen molar-refractivity contribution >= 4 is 24.2 Å². The minimum atomic E-state index is -4.35. The summed E-state index contributed by atoms with van der Waals surface area (Å²) in [7, 11) is -5.65. The van der Waals surface area contributed by atoms with E-state index in [-0.39, 0.29) is 29.4 Å². The number of alkyl halides is 3. The molecule has 0 saturated carbocycles. The van der Waals surface area contributed by atoms with Crippen LogP contribution >= 0.6 is 0 Å². The Morgan fingerprint density at radius 2 is 1.58 bits per heavy atom. The molecule has 0 aromatic rings. The maximum Gasteiger partial charge on any atom is 0.410 e. The lowest BCUT2D eigenvalue weighted by Gasteiger charge is -2.38. The van der Waals surface area contributed by atoms with Gasteiger partial charge in [-0.15, -0.1) is 0 Å². The predicted molar refractivity (Wildman–Crippen MR) is 127 cm³/mol. The predicted octanol–water partition coefficient (Wildman–Crippen LogP) is 5.92. The minimum absolute atomic E-state index is 0.00628. The van der Waals surface area contributed by atoms with Crippen LogP contribution in [0.3, 0.4) is 0 Å². The summed E-state index contributed by atoms with van der Waals surface area (Å²) >= 11 is 0. The molecule has 6 nitrogen and oxygen atoms in total. The Morgan fingerprint density at radius 1 is 1.03 bits per heavy atom. The van der Waals surface area contributed by atoms with Gasteiger partial charge in [-0.25, -0.2) is 13.2 Å². The van der Waals surface area contributed by atoms with Gasteiger partial charge in [-0.3, -0.25) is 0 Å². The summed E-state index contributed by atoms with van der Waals surface area (Å²) in [5.74, 6) is -0.679. The van der Waals surface area contributed by atoms with E-state index in [1.807, 2.05) is 0 Å². The fourth-order valence-corrected chi connectivity index (χ4v) is 6.26. The highest BCUT2D eigenvalue weighted by molar-refractivity contribution is 7.91. The smallest absolute Gasteiger partial charge is 0.410 e. The molecule has 2 unspecified atom stereocenters. The van der Waals surface area contributed by atoms with Crippen LogP contribution in [-0.2, 0) is 19.0 Å². The first-order chi connectivity index (χ1) is 14.6. The quantitative estimate of drug-likeness (QED) is 0.355. The van der Waals surface area contributed by atoms with Crippen LogP contribution in [0.1, 0.15) is 73.6 Å². The highest BCUT2D eigenvalue weighted by atomic mass is 32.2. The third-order valence-corrected chi connectivity index (χ3v) is 12.5. The van der Waals surface area contributed by atoms with Gasteiger partial charge in [0.15, 0.2) is 8.32 Å². The Morgan fingerprint density at radius 3 is 2.06 bits per heavy atom. The van der Waals surface area contributed by atoms with E-state index in [2.05, 4.69) is 33.9 Å². The molecule has 0 aliphatic carbocycles. The Balaban J connectivity index is 2.79. The number of nitrogens with zero attached hydrogens (tertiary/aromatic N) is 1. The second-order valence-corrected chi connectivity index (χ2v) is 18.6. The third-order valence-electron chi connectivity index (χ3n) is 6.18. The minimum Gasteiger partial charge on any atom is -0.444 e. The van der Waals surface area contributed by atoms with Crippen molar-refractivity contribution in [2.75, 3.05) is 18.1 Å². The van der Waals surface area contributed by atoms with Crippen LogP contribution in [0, 0.1) is 0 Å². The number of carbonyl (C=O) groups excluding carboxylic acids is 1. The van der Waals surface area contributed by atoms with Crippen molar-refractivity contribution in [3.8, 4) is 0 Å². The Hall–Kier alpha value is -0.813. The topological polar surface area (TPSA) is 72.9 Å². The summed E-state index contributed by atoms with van der Waals surface area (Å²) < 4.78 is 73.3. The van der Waals surface area contributed by atoms with Gasteiger partial charge in [0.25, 0.3) is 0 Å². The van der Waals surface area contributed by atoms with Gasteiger partial charge in [-0.2, -0.15) is 13.2 Å². The Kier molecular flexibility index (Phi) is 9.93. The molecule has 1 fully saturated rings. The SMILES string of the molecule is CC(C)(C)OC(=O)N1CC(O[Si](C)(C)C(C)(C)C)CC1CCCS(=O)(=O)CCCC(F)(F)F. The summed E-state index contributed by atoms with van der Waals surface area (Å²) in [5, 5.41) is 0.00628. The van der Waals surface area contributed by atoms with E-state index >= 15 is 0 Å². The lowest BCUT2D eigenvalue weighted by atomic mass is 10.1. The van der Waals surface area contributed by atoms with Gasteiger partial charge < -0.3 is 14.1 Å². The average Bonchev–Trinajstić information content (AvgIpc) is 2.92. The van der Waals surface area contributed by atoms with Gasteiger partial charge in [-0.05, 0) is 64.6 Å². The second-order valence-electron chi connectivity index (χ2n) is 11.5. The molecule has 0 bridgehead atoms. The summed E-state index contributed by atoms with van der Waals surface area (Å²) in [4.78, 5) is 14.4. The van der Waals surface area contributed by atoms with Gasteiger partial charge in [0, 0.05) is 19.0 Å². The van der Waals surface area contributed by atoms with E-state index in [1.54, 1.807) is 25.7 Å². The standard InChI is InChI=1S/C22H42F3NO5SSi/c1-20(2,3)30-19(27)26-16-18(31-33(7,8)21(4,5)6)15-17(26)11-9-13-32(28,29)14-10-12-22(23,24)25/h17-18H,9-16H2,1-8H3. The van der Waals surface area contributed by atoms with E-state index in [9.17, 15) is 26.4 Å². The molecule has 0 aromatic carbocycles. The first-order valence-electron chi connectivity index (χ1n) is 11.6. The van der Waals surface area contributed by atoms with Crippen molar-refractivity contribution in [2.45, 2.75) is 116 Å². The lowest BCUT2D eigenvalue weighted by Crippen LogP contribution is -2.45. The van der Waals surface area contributed by atoms with Crippen molar-refractivity contribution in [3.63, 3.8) is 0 Å². The summed E-state index contributed by atoms with van der Waals surface area (Å²) in [5.41, 5.74) is -0.665. The Bertz CT molecular complexity index is 757. The van der Waals surface area contributed by atoms with Crippen molar-refractivity contribution in [1.29, 1.82) is 0 Å². The highest BCUT2D eigenvalue weighted by Gasteiger charge is 2.44. The van der Waals surface area contributed by atoms with Crippen LogP contribution in [0.25, 0.3) is 0 Å². The third kappa shape index (κ3) is 11.0. The monoisotopic (exact) mass is 517 g/mol. The molecule has 0 radical (unpaired) electrons. The zero-order chi connectivity index (χ0) is 25.9. The van der Waals surface area contributed by atoms with Crippen LogP contribution in [0.15, 0.2) is 0 Å². The Labute approximate surface area is 198 Å². The van der Waals surface area contributed by atoms with Crippen molar-refractivity contribution < 1.29 is 35.5 Å². The summed E-state index contributed by atoms with van der Waals surface area (Å²) in [6.45, 7) is 16.4. The van der Waals surface area contributed by atoms with E-state index in [1.165, 1.54) is 0 Å². The maximum atomic E-state index is 12.8. The molecule has 11 heteroatoms. The molecule has 0 aromatic heterocycles. The fraction of sp³-hybridized carbons (Fsp3) is 0.955. The normalized spacial score (nSPS) is 20.9. The van der Waals surface area contributed by atoms with Crippen LogP contribution in [0.5, 0.6) is 0 Å². The molecule has 0 spiro atoms. The molecule has 2 atom stereocenters. The number of amides is 1. The van der Waals surface area contributed by atoms with Crippen LogP contribution < -0.4 is 0 Å². The van der Waals surface area contributed by atoms with Crippen molar-refractivity contribution in [2.24, 2.45) is 0 Å². The number of carbonyl (C=O) groups is 1. The highest BCUT2D eigenvalue weighted by Crippen LogP contribution is 2.39. The van der Waals surface area contributed by atoms with Crippen molar-refractivity contribution in [3.05, 3.63) is 0 Å². The van der Waals surface area contributed by atoms with Crippen molar-refractivity contribution in [1.82, 2.24) is 4.90 Å². The fourth-order valence-electron chi connectivity index (χ4n) is 3.50. The first kappa shape index (κ1) is 30.2. The number of hydrogen-bond acceptors (Lipinski definition) is 5. The van der Waals surface area contributed by atoms with E-state index < -0.39 is 54.6 Å². The molecule has 1 aliphatic heterocycles. The van der Waals surface area contributed by atoms with Gasteiger partial charge in [-0.1, -0.05) is 20.8 Å². The number of likely N-dealkylation sites (tertiary alicyclic amines) is 1. The maximum absolute atomic E-state index is 12.8. The number of ether oxygens (including phenoxy) is 1. The zero-order valence-electron chi connectivity index (χ0n) is 21.3. The van der Waals surface area contributed by atoms with Gasteiger partial charge in [0.1, 0.15) is 15.4 Å². The zero-order valence-corrected chi connectivity index (χ0v) is 23.2. The van der Waals surface area contributed by atoms with E-state index in [4.69, 9.17) is 9.16 Å². The molecule has 1 amide bonds. The van der Waals surface area contributed by atoms with Gasteiger partial charge in [0.2, 0.25) is 0 Å².